The first-order valence-electron chi connectivity index (χ1n) is 6.16. The zero-order chi connectivity index (χ0) is 13.1. The zero-order valence-electron chi connectivity index (χ0n) is 10.3. The van der Waals surface area contributed by atoms with E-state index < -0.39 is 0 Å². The minimum atomic E-state index is -0.295. The Bertz CT molecular complexity index is 451. The summed E-state index contributed by atoms with van der Waals surface area (Å²) < 4.78 is 0. The van der Waals surface area contributed by atoms with Crippen LogP contribution in [0.5, 0.6) is 0 Å². The van der Waals surface area contributed by atoms with Gasteiger partial charge in [0.15, 0.2) is 0 Å². The molecule has 1 saturated carbocycles. The van der Waals surface area contributed by atoms with Gasteiger partial charge in [-0.15, -0.1) is 0 Å². The molecule has 0 spiro atoms. The fourth-order valence-electron chi connectivity index (χ4n) is 2.27. The van der Waals surface area contributed by atoms with E-state index in [0.717, 1.165) is 25.0 Å². The molecule has 0 aliphatic heterocycles. The van der Waals surface area contributed by atoms with Gasteiger partial charge in [-0.1, -0.05) is 18.0 Å². The number of aromatic nitrogens is 1. The lowest BCUT2D eigenvalue weighted by Gasteiger charge is -2.15. The highest BCUT2D eigenvalue weighted by atomic mass is 35.5. The molecule has 1 amide bonds. The Morgan fingerprint density at radius 1 is 1.61 bits per heavy atom. The van der Waals surface area contributed by atoms with Crippen molar-refractivity contribution in [3.63, 3.8) is 0 Å². The topological polar surface area (TPSA) is 62.2 Å². The molecule has 5 heteroatoms. The molecule has 1 fully saturated rings. The number of nitrogens with one attached hydrogen (secondary N) is 1. The minimum absolute atomic E-state index is 0.158. The highest BCUT2D eigenvalue weighted by molar-refractivity contribution is 6.33. The molecule has 1 aromatic rings. The van der Waals surface area contributed by atoms with Gasteiger partial charge in [0.05, 0.1) is 16.7 Å². The fourth-order valence-corrected chi connectivity index (χ4v) is 2.56. The van der Waals surface area contributed by atoms with Crippen LogP contribution in [-0.2, 0) is 0 Å². The van der Waals surface area contributed by atoms with E-state index in [0.29, 0.717) is 17.1 Å². The third-order valence-corrected chi connectivity index (χ3v) is 3.69. The zero-order valence-corrected chi connectivity index (χ0v) is 11.1. The molecule has 1 aliphatic rings. The Labute approximate surface area is 111 Å². The van der Waals surface area contributed by atoms with Gasteiger partial charge in [-0.3, -0.25) is 9.78 Å². The summed E-state index contributed by atoms with van der Waals surface area (Å²) in [6.07, 6.45) is 4.00. The van der Waals surface area contributed by atoms with Crippen LogP contribution in [0.4, 0.5) is 0 Å². The van der Waals surface area contributed by atoms with Gasteiger partial charge in [-0.25, -0.2) is 0 Å². The van der Waals surface area contributed by atoms with Gasteiger partial charge in [-0.05, 0) is 25.8 Å². The average molecular weight is 269 g/mol. The van der Waals surface area contributed by atoms with E-state index >= 15 is 0 Å². The number of carbonyl (C=O) groups excluding carboxylic acids is 1. The number of rotatable bonds is 3. The van der Waals surface area contributed by atoms with Gasteiger partial charge >= 0.3 is 0 Å². The smallest absolute Gasteiger partial charge is 0.254 e. The molecule has 2 unspecified atom stereocenters. The van der Waals surface area contributed by atoms with Gasteiger partial charge in [0.1, 0.15) is 0 Å². The molecule has 0 bridgehead atoms. The van der Waals surface area contributed by atoms with Crippen LogP contribution < -0.4 is 5.32 Å². The van der Waals surface area contributed by atoms with Crippen LogP contribution in [0.1, 0.15) is 35.3 Å². The number of aryl methyl sites for hydroxylation is 1. The Morgan fingerprint density at radius 3 is 3.00 bits per heavy atom. The third-order valence-electron chi connectivity index (χ3n) is 3.38. The molecule has 2 rings (SSSR count). The number of hydrogen-bond acceptors (Lipinski definition) is 3. The van der Waals surface area contributed by atoms with E-state index in [4.69, 9.17) is 11.6 Å². The van der Waals surface area contributed by atoms with E-state index in [1.54, 1.807) is 6.07 Å². The lowest BCUT2D eigenvalue weighted by molar-refractivity contribution is 0.0916. The molecule has 98 valence electrons. The van der Waals surface area contributed by atoms with Crippen LogP contribution in [0.15, 0.2) is 12.3 Å². The van der Waals surface area contributed by atoms with Crippen molar-refractivity contribution in [1.82, 2.24) is 10.3 Å². The lowest BCUT2D eigenvalue weighted by Crippen LogP contribution is -2.32. The summed E-state index contributed by atoms with van der Waals surface area (Å²) in [5.74, 6) is -0.0715. The van der Waals surface area contributed by atoms with Gasteiger partial charge in [0.2, 0.25) is 0 Å². The molecule has 1 aliphatic carbocycles. The molecule has 2 N–H and O–H groups in total. The van der Waals surface area contributed by atoms with Crippen LogP contribution in [0.25, 0.3) is 0 Å². The molecular weight excluding hydrogens is 252 g/mol. The largest absolute Gasteiger partial charge is 0.393 e. The van der Waals surface area contributed by atoms with Crippen molar-refractivity contribution in [2.24, 2.45) is 5.92 Å². The maximum Gasteiger partial charge on any atom is 0.254 e. The first-order valence-corrected chi connectivity index (χ1v) is 6.54. The van der Waals surface area contributed by atoms with Crippen molar-refractivity contribution in [3.05, 3.63) is 28.5 Å². The van der Waals surface area contributed by atoms with E-state index in [-0.39, 0.29) is 17.9 Å². The number of aliphatic hydroxyl groups excluding tert-OH is 1. The molecule has 0 radical (unpaired) electrons. The van der Waals surface area contributed by atoms with E-state index in [1.165, 1.54) is 6.20 Å². The summed E-state index contributed by atoms with van der Waals surface area (Å²) in [5.41, 5.74) is 1.16. The summed E-state index contributed by atoms with van der Waals surface area (Å²) in [5, 5.41) is 12.9. The number of nitrogens with zero attached hydrogens (tertiary/aromatic N) is 1. The molecule has 1 heterocycles. The van der Waals surface area contributed by atoms with Crippen LogP contribution in [0.3, 0.4) is 0 Å². The number of aliphatic hydroxyl groups is 1. The highest BCUT2D eigenvalue weighted by Gasteiger charge is 2.25. The van der Waals surface area contributed by atoms with Crippen LogP contribution >= 0.6 is 11.6 Å². The van der Waals surface area contributed by atoms with Gasteiger partial charge in [-0.2, -0.15) is 0 Å². The second-order valence-corrected chi connectivity index (χ2v) is 5.18. The van der Waals surface area contributed by atoms with Crippen molar-refractivity contribution in [1.29, 1.82) is 0 Å². The van der Waals surface area contributed by atoms with Gasteiger partial charge in [0.25, 0.3) is 5.91 Å². The van der Waals surface area contributed by atoms with E-state index in [1.807, 2.05) is 6.92 Å². The van der Waals surface area contributed by atoms with Crippen molar-refractivity contribution in [3.8, 4) is 0 Å². The lowest BCUT2D eigenvalue weighted by atomic mass is 10.1. The van der Waals surface area contributed by atoms with E-state index in [2.05, 4.69) is 10.3 Å². The SMILES string of the molecule is Cc1cc(Cl)c(C(=O)NCC2CCCC2O)cn1. The quantitative estimate of drug-likeness (QED) is 0.881. The van der Waals surface area contributed by atoms with E-state index in [9.17, 15) is 9.90 Å². The third kappa shape index (κ3) is 3.00. The molecule has 0 aromatic carbocycles. The Morgan fingerprint density at radius 2 is 2.39 bits per heavy atom. The van der Waals surface area contributed by atoms with Crippen molar-refractivity contribution in [2.45, 2.75) is 32.3 Å². The summed E-state index contributed by atoms with van der Waals surface area (Å²) in [6, 6.07) is 1.67. The van der Waals surface area contributed by atoms with Crippen LogP contribution in [-0.4, -0.2) is 28.6 Å². The molecular formula is C13H17ClN2O2. The monoisotopic (exact) mass is 268 g/mol. The summed E-state index contributed by atoms with van der Waals surface area (Å²) in [4.78, 5) is 16.0. The van der Waals surface area contributed by atoms with Gasteiger partial charge in [0, 0.05) is 24.4 Å². The van der Waals surface area contributed by atoms with Crippen molar-refractivity contribution in [2.75, 3.05) is 6.54 Å². The molecule has 0 saturated heterocycles. The number of carbonyl (C=O) groups is 1. The molecule has 2 atom stereocenters. The van der Waals surface area contributed by atoms with Gasteiger partial charge < -0.3 is 10.4 Å². The number of amides is 1. The maximum absolute atomic E-state index is 11.9. The molecule has 1 aromatic heterocycles. The number of halogens is 1. The predicted octanol–water partition coefficient (Wildman–Crippen LogP) is 1.93. The number of hydrogen-bond donors (Lipinski definition) is 2. The first kappa shape index (κ1) is 13.3. The molecule has 18 heavy (non-hydrogen) atoms. The summed E-state index contributed by atoms with van der Waals surface area (Å²) >= 11 is 6.00. The average Bonchev–Trinajstić information content (AvgIpc) is 2.72. The highest BCUT2D eigenvalue weighted by Crippen LogP contribution is 2.25. The first-order chi connectivity index (χ1) is 8.58. The molecule has 4 nitrogen and oxygen atoms in total. The van der Waals surface area contributed by atoms with Crippen LogP contribution in [0, 0.1) is 12.8 Å². The maximum atomic E-state index is 11.9. The second-order valence-electron chi connectivity index (χ2n) is 4.77. The Kier molecular flexibility index (Phi) is 4.19. The Balaban J connectivity index is 1.95. The van der Waals surface area contributed by atoms with Crippen molar-refractivity contribution < 1.29 is 9.90 Å². The van der Waals surface area contributed by atoms with Crippen molar-refractivity contribution >= 4 is 17.5 Å². The number of pyridine rings is 1. The fraction of sp³-hybridized carbons (Fsp3) is 0.538. The van der Waals surface area contributed by atoms with Crippen LogP contribution in [0.2, 0.25) is 5.02 Å². The summed E-state index contributed by atoms with van der Waals surface area (Å²) in [6.45, 7) is 2.31. The predicted molar refractivity (Wildman–Crippen MR) is 69.7 cm³/mol. The summed E-state index contributed by atoms with van der Waals surface area (Å²) in [7, 11) is 0. The minimum Gasteiger partial charge on any atom is -0.393 e. The Hall–Kier alpha value is -1.13. The second kappa shape index (κ2) is 5.67. The standard InChI is InChI=1S/C13H17ClN2O2/c1-8-5-11(14)10(7-15-8)13(18)16-6-9-3-2-4-12(9)17/h5,7,9,12,17H,2-4,6H2,1H3,(H,16,18). The normalized spacial score (nSPS) is 23.1.